The number of benzene rings is 2. The van der Waals surface area contributed by atoms with Gasteiger partial charge in [0.25, 0.3) is 5.91 Å². The highest BCUT2D eigenvalue weighted by Gasteiger charge is 2.20. The minimum Gasteiger partial charge on any atom is -0.454 e. The van der Waals surface area contributed by atoms with Gasteiger partial charge in [0.2, 0.25) is 0 Å². The van der Waals surface area contributed by atoms with Crippen molar-refractivity contribution in [2.45, 2.75) is 13.0 Å². The van der Waals surface area contributed by atoms with E-state index in [1.807, 2.05) is 5.32 Å². The third kappa shape index (κ3) is 5.73. The molecule has 2 aromatic carbocycles. The first-order chi connectivity index (χ1) is 13.3. The molecule has 0 aliphatic carbocycles. The first-order valence-electron chi connectivity index (χ1n) is 8.00. The molecule has 0 unspecified atom stereocenters. The number of para-hydroxylation sites is 1. The minimum atomic E-state index is -1.74. The Morgan fingerprint density at radius 2 is 1.64 bits per heavy atom. The number of anilines is 2. The van der Waals surface area contributed by atoms with Gasteiger partial charge >= 0.3 is 12.0 Å². The molecule has 0 aromatic heterocycles. The summed E-state index contributed by atoms with van der Waals surface area (Å²) in [6.45, 7) is 0.517. The number of carbonyl (C=O) groups is 3. The average Bonchev–Trinajstić information content (AvgIpc) is 2.67. The van der Waals surface area contributed by atoms with Crippen LogP contribution in [-0.4, -0.2) is 30.6 Å². The number of hydrogen-bond acceptors (Lipinski definition) is 4. The lowest BCUT2D eigenvalue weighted by Crippen LogP contribution is -2.42. The second-order valence-electron chi connectivity index (χ2n) is 5.56. The largest absolute Gasteiger partial charge is 0.454 e. The summed E-state index contributed by atoms with van der Waals surface area (Å²) in [6.07, 6.45) is 0. The van der Waals surface area contributed by atoms with Crippen LogP contribution in [0.25, 0.3) is 0 Å². The fourth-order valence-electron chi connectivity index (χ4n) is 2.01. The number of rotatable bonds is 6. The van der Waals surface area contributed by atoms with Crippen molar-refractivity contribution in [2.75, 3.05) is 17.2 Å². The van der Waals surface area contributed by atoms with Crippen LogP contribution in [0.15, 0.2) is 42.5 Å². The van der Waals surface area contributed by atoms with Crippen LogP contribution in [0.4, 0.5) is 29.3 Å². The maximum Gasteiger partial charge on any atom is 0.328 e. The van der Waals surface area contributed by atoms with Crippen molar-refractivity contribution >= 4 is 29.3 Å². The number of carbonyl (C=O) groups excluding carboxylic acids is 3. The quantitative estimate of drug-likeness (QED) is 0.518. The Balaban J connectivity index is 1.80. The van der Waals surface area contributed by atoms with Crippen LogP contribution < -0.4 is 16.0 Å². The van der Waals surface area contributed by atoms with Crippen molar-refractivity contribution in [1.29, 1.82) is 0 Å². The van der Waals surface area contributed by atoms with Gasteiger partial charge in [-0.05, 0) is 31.2 Å². The Morgan fingerprint density at radius 3 is 2.32 bits per heavy atom. The van der Waals surface area contributed by atoms with Crippen molar-refractivity contribution in [3.8, 4) is 0 Å². The lowest BCUT2D eigenvalue weighted by molar-refractivity contribution is -0.148. The van der Waals surface area contributed by atoms with Crippen LogP contribution in [-0.2, 0) is 14.3 Å². The number of hydrogen-bond donors (Lipinski definition) is 3. The Hall–Kier alpha value is -3.56. The molecule has 1 atom stereocenters. The summed E-state index contributed by atoms with van der Waals surface area (Å²) in [4.78, 5) is 35.3. The van der Waals surface area contributed by atoms with Crippen molar-refractivity contribution in [1.82, 2.24) is 5.32 Å². The van der Waals surface area contributed by atoms with Gasteiger partial charge in [-0.3, -0.25) is 4.79 Å². The number of nitrogens with one attached hydrogen (secondary N) is 3. The van der Waals surface area contributed by atoms with Crippen LogP contribution in [0, 0.1) is 17.5 Å². The Labute approximate surface area is 157 Å². The molecule has 0 aliphatic rings. The van der Waals surface area contributed by atoms with Gasteiger partial charge < -0.3 is 20.7 Å². The fraction of sp³-hybridized carbons (Fsp3) is 0.167. The van der Waals surface area contributed by atoms with Crippen molar-refractivity contribution in [3.63, 3.8) is 0 Å². The molecule has 28 heavy (non-hydrogen) atoms. The smallest absolute Gasteiger partial charge is 0.328 e. The number of amides is 3. The molecule has 0 heterocycles. The van der Waals surface area contributed by atoms with Gasteiger partial charge in [0.15, 0.2) is 24.1 Å². The van der Waals surface area contributed by atoms with Crippen molar-refractivity contribution in [3.05, 3.63) is 59.9 Å². The molecule has 7 nitrogen and oxygen atoms in total. The van der Waals surface area contributed by atoms with Crippen molar-refractivity contribution < 1.29 is 32.3 Å². The molecule has 3 N–H and O–H groups in total. The molecule has 3 amide bonds. The van der Waals surface area contributed by atoms with E-state index >= 15 is 0 Å². The average molecular weight is 395 g/mol. The zero-order valence-corrected chi connectivity index (χ0v) is 14.6. The standard InChI is InChI=1S/C18H16F3N3O4/c1-10(22-18(27)23-11-5-3-2-4-6-11)17(26)28-9-14(25)24-13-8-7-12(19)15(20)16(13)21/h2-8,10H,9H2,1H3,(H,24,25)(H2,22,23,27)/t10-/m0/s1. The normalized spacial score (nSPS) is 11.3. The summed E-state index contributed by atoms with van der Waals surface area (Å²) >= 11 is 0. The molecule has 0 bridgehead atoms. The Morgan fingerprint density at radius 1 is 0.964 bits per heavy atom. The third-order valence-electron chi connectivity index (χ3n) is 3.39. The molecule has 0 fully saturated rings. The lowest BCUT2D eigenvalue weighted by atomic mass is 10.3. The predicted octanol–water partition coefficient (Wildman–Crippen LogP) is 2.80. The molecule has 0 spiro atoms. The van der Waals surface area contributed by atoms with E-state index in [1.54, 1.807) is 30.3 Å². The summed E-state index contributed by atoms with van der Waals surface area (Å²) < 4.78 is 44.1. The molecule has 0 saturated heterocycles. The highest BCUT2D eigenvalue weighted by molar-refractivity contribution is 5.94. The molecule has 0 saturated carbocycles. The van der Waals surface area contributed by atoms with Gasteiger partial charge in [-0.15, -0.1) is 0 Å². The molecule has 148 valence electrons. The number of ether oxygens (including phenoxy) is 1. The third-order valence-corrected chi connectivity index (χ3v) is 3.39. The highest BCUT2D eigenvalue weighted by Crippen LogP contribution is 2.19. The monoisotopic (exact) mass is 395 g/mol. The lowest BCUT2D eigenvalue weighted by Gasteiger charge is -2.14. The van der Waals surface area contributed by atoms with Crippen LogP contribution in [0.5, 0.6) is 0 Å². The van der Waals surface area contributed by atoms with E-state index in [0.29, 0.717) is 11.8 Å². The first kappa shape index (κ1) is 20.7. The van der Waals surface area contributed by atoms with E-state index in [4.69, 9.17) is 4.74 Å². The predicted molar refractivity (Wildman–Crippen MR) is 94.0 cm³/mol. The molecule has 2 aromatic rings. The maximum atomic E-state index is 13.5. The second-order valence-corrected chi connectivity index (χ2v) is 5.56. The SMILES string of the molecule is C[C@H](NC(=O)Nc1ccccc1)C(=O)OCC(=O)Nc1ccc(F)c(F)c1F. The van der Waals surface area contributed by atoms with E-state index in [-0.39, 0.29) is 0 Å². The van der Waals surface area contributed by atoms with Gasteiger partial charge in [0.1, 0.15) is 6.04 Å². The molecule has 10 heteroatoms. The van der Waals surface area contributed by atoms with Gasteiger partial charge in [-0.2, -0.15) is 0 Å². The van der Waals surface area contributed by atoms with E-state index < -0.39 is 53.7 Å². The summed E-state index contributed by atoms with van der Waals surface area (Å²) in [6, 6.07) is 8.18. The summed E-state index contributed by atoms with van der Waals surface area (Å²) in [7, 11) is 0. The number of halogens is 3. The zero-order chi connectivity index (χ0) is 20.7. The minimum absolute atomic E-state index is 0.508. The van der Waals surface area contributed by atoms with Gasteiger partial charge in [0.05, 0.1) is 5.69 Å². The van der Waals surface area contributed by atoms with Gasteiger partial charge in [-0.25, -0.2) is 22.8 Å². The van der Waals surface area contributed by atoms with E-state index in [2.05, 4.69) is 10.6 Å². The molecule has 2 rings (SSSR count). The zero-order valence-electron chi connectivity index (χ0n) is 14.6. The van der Waals surface area contributed by atoms with Crippen LogP contribution >= 0.6 is 0 Å². The maximum absolute atomic E-state index is 13.5. The van der Waals surface area contributed by atoms with Crippen LogP contribution in [0.2, 0.25) is 0 Å². The Kier molecular flexibility index (Phi) is 6.96. The summed E-state index contributed by atoms with van der Waals surface area (Å²) in [5.41, 5.74) is -0.0955. The molecular formula is C18H16F3N3O4. The summed E-state index contributed by atoms with van der Waals surface area (Å²) in [5, 5.41) is 6.76. The van der Waals surface area contributed by atoms with Crippen LogP contribution in [0.3, 0.4) is 0 Å². The molecule has 0 radical (unpaired) electrons. The number of urea groups is 1. The van der Waals surface area contributed by atoms with Gasteiger partial charge in [-0.1, -0.05) is 18.2 Å². The van der Waals surface area contributed by atoms with Gasteiger partial charge in [0, 0.05) is 5.69 Å². The van der Waals surface area contributed by atoms with E-state index in [1.165, 1.54) is 6.92 Å². The van der Waals surface area contributed by atoms with Crippen molar-refractivity contribution in [2.24, 2.45) is 0 Å². The molecule has 0 aliphatic heterocycles. The number of esters is 1. The second kappa shape index (κ2) is 9.40. The topological polar surface area (TPSA) is 96.5 Å². The highest BCUT2D eigenvalue weighted by atomic mass is 19.2. The molecular weight excluding hydrogens is 379 g/mol. The fourth-order valence-corrected chi connectivity index (χ4v) is 2.01. The van der Waals surface area contributed by atoms with E-state index in [9.17, 15) is 27.6 Å². The Bertz CT molecular complexity index is 878. The summed E-state index contributed by atoms with van der Waals surface area (Å²) in [5.74, 6) is -6.62. The van der Waals surface area contributed by atoms with Crippen LogP contribution in [0.1, 0.15) is 6.92 Å². The first-order valence-corrected chi connectivity index (χ1v) is 8.00. The van der Waals surface area contributed by atoms with E-state index in [0.717, 1.165) is 6.07 Å².